The largest absolute Gasteiger partial charge is 0.480 e. The van der Waals surface area contributed by atoms with Crippen molar-refractivity contribution in [3.8, 4) is 0 Å². The van der Waals surface area contributed by atoms with E-state index < -0.39 is 5.97 Å². The maximum Gasteiger partial charge on any atom is 0.329 e. The molecule has 2 aliphatic heterocycles. The fraction of sp³-hybridized carbons (Fsp3) is 0.711. The van der Waals surface area contributed by atoms with Crippen molar-refractivity contribution in [2.45, 2.75) is 108 Å². The first-order valence-electron chi connectivity index (χ1n) is 18.0. The van der Waals surface area contributed by atoms with Crippen molar-refractivity contribution >= 4 is 5.97 Å². The van der Waals surface area contributed by atoms with E-state index in [2.05, 4.69) is 30.4 Å². The molecular weight excluding hydrogens is 584 g/mol. The van der Waals surface area contributed by atoms with Crippen LogP contribution in [-0.4, -0.2) is 68.9 Å². The van der Waals surface area contributed by atoms with Gasteiger partial charge in [-0.15, -0.1) is 0 Å². The van der Waals surface area contributed by atoms with Crippen molar-refractivity contribution in [2.75, 3.05) is 33.0 Å². The first-order valence-corrected chi connectivity index (χ1v) is 18.0. The summed E-state index contributed by atoms with van der Waals surface area (Å²) in [6.45, 7) is 2.61. The molecule has 8 atom stereocenters. The highest BCUT2D eigenvalue weighted by molar-refractivity contribution is 5.68. The molecule has 1 aromatic rings. The Hall–Kier alpha value is -2.07. The molecule has 254 valence electrons. The van der Waals surface area contributed by atoms with E-state index in [9.17, 15) is 9.90 Å². The summed E-state index contributed by atoms with van der Waals surface area (Å²) in [4.78, 5) is 11.2. The number of aliphatic carboxylic acids is 1. The Balaban J connectivity index is 1.16. The summed E-state index contributed by atoms with van der Waals surface area (Å²) in [6.07, 6.45) is 20.4. The average molecular weight is 639 g/mol. The van der Waals surface area contributed by atoms with E-state index in [0.29, 0.717) is 37.6 Å². The maximum atomic E-state index is 11.2. The summed E-state index contributed by atoms with van der Waals surface area (Å²) in [7, 11) is 0. The molecule has 0 bridgehead atoms. The average Bonchev–Trinajstić information content (AvgIpc) is 3.82. The van der Waals surface area contributed by atoms with Gasteiger partial charge in [0.15, 0.2) is 12.6 Å². The number of allylic oxidation sites excluding steroid dienone is 1. The second kappa shape index (κ2) is 17.4. The number of carbonyl (C=O) groups is 1. The number of carboxylic acids is 1. The molecule has 4 fully saturated rings. The van der Waals surface area contributed by atoms with Crippen LogP contribution < -0.4 is 0 Å². The molecule has 46 heavy (non-hydrogen) atoms. The maximum absolute atomic E-state index is 11.2. The molecule has 1 aromatic carbocycles. The lowest BCUT2D eigenvalue weighted by Crippen LogP contribution is -2.32. The van der Waals surface area contributed by atoms with Gasteiger partial charge >= 0.3 is 5.97 Å². The highest BCUT2D eigenvalue weighted by Crippen LogP contribution is 2.50. The Labute approximate surface area is 274 Å². The van der Waals surface area contributed by atoms with Crippen LogP contribution in [0.4, 0.5) is 0 Å². The molecule has 3 unspecified atom stereocenters. The van der Waals surface area contributed by atoms with Crippen LogP contribution in [0.2, 0.25) is 0 Å². The van der Waals surface area contributed by atoms with E-state index in [1.165, 1.54) is 31.3 Å². The number of ether oxygens (including phenoxy) is 6. The van der Waals surface area contributed by atoms with Gasteiger partial charge in [-0.25, -0.2) is 4.79 Å². The van der Waals surface area contributed by atoms with E-state index in [4.69, 9.17) is 28.4 Å². The topological polar surface area (TPSA) is 92.7 Å². The van der Waals surface area contributed by atoms with E-state index in [-0.39, 0.29) is 43.2 Å². The second-order valence-corrected chi connectivity index (χ2v) is 14.0. The van der Waals surface area contributed by atoms with Gasteiger partial charge in [-0.2, -0.15) is 0 Å². The summed E-state index contributed by atoms with van der Waals surface area (Å²) in [5, 5.41) is 9.21. The first-order chi connectivity index (χ1) is 22.6. The molecule has 2 saturated carbocycles. The predicted molar refractivity (Wildman–Crippen MR) is 174 cm³/mol. The van der Waals surface area contributed by atoms with Crippen LogP contribution in [0.1, 0.15) is 82.6 Å². The normalized spacial score (nSPS) is 31.6. The molecule has 3 aliphatic carbocycles. The molecule has 1 N–H and O–H groups in total. The lowest BCUT2D eigenvalue weighted by atomic mass is 9.86. The predicted octanol–water partition coefficient (Wildman–Crippen LogP) is 7.07. The van der Waals surface area contributed by atoms with E-state index in [0.717, 1.165) is 70.1 Å². The minimum absolute atomic E-state index is 0.0114. The minimum atomic E-state index is -0.950. The van der Waals surface area contributed by atoms with Gasteiger partial charge in [0.2, 0.25) is 0 Å². The van der Waals surface area contributed by atoms with Crippen molar-refractivity contribution in [1.82, 2.24) is 0 Å². The quantitative estimate of drug-likeness (QED) is 0.192. The third kappa shape index (κ3) is 9.51. The van der Waals surface area contributed by atoms with Gasteiger partial charge in [-0.1, -0.05) is 67.0 Å². The van der Waals surface area contributed by atoms with E-state index in [1.54, 1.807) is 0 Å². The number of benzene rings is 1. The van der Waals surface area contributed by atoms with Gasteiger partial charge in [0.1, 0.15) is 6.61 Å². The molecule has 5 aliphatic rings. The van der Waals surface area contributed by atoms with E-state index in [1.807, 2.05) is 18.2 Å². The highest BCUT2D eigenvalue weighted by atomic mass is 16.7. The minimum Gasteiger partial charge on any atom is -0.480 e. The van der Waals surface area contributed by atoms with Gasteiger partial charge in [0.25, 0.3) is 0 Å². The fourth-order valence-corrected chi connectivity index (χ4v) is 8.26. The van der Waals surface area contributed by atoms with E-state index >= 15 is 0 Å². The van der Waals surface area contributed by atoms with Gasteiger partial charge < -0.3 is 33.5 Å². The Morgan fingerprint density at radius 3 is 2.35 bits per heavy atom. The molecule has 8 nitrogen and oxygen atoms in total. The van der Waals surface area contributed by atoms with Crippen LogP contribution in [0.5, 0.6) is 0 Å². The van der Waals surface area contributed by atoms with Crippen LogP contribution in [-0.2, 0) is 39.8 Å². The summed E-state index contributed by atoms with van der Waals surface area (Å²) < 4.78 is 37.3. The SMILES string of the molecule is O=C(O)COCC(COCc1ccccc1)C1=C[C@H]2C[C@@H](OC3CCCCO3)[C@H](/C=C/[C@@H](OC3CCCCO3)C3CCCC3)[C@H]2C1. The summed E-state index contributed by atoms with van der Waals surface area (Å²) in [6, 6.07) is 10.2. The van der Waals surface area contributed by atoms with Crippen molar-refractivity contribution in [1.29, 1.82) is 0 Å². The lowest BCUT2D eigenvalue weighted by Gasteiger charge is -2.31. The molecule has 6 rings (SSSR count). The third-order valence-corrected chi connectivity index (χ3v) is 10.7. The van der Waals surface area contributed by atoms with Crippen LogP contribution in [0.3, 0.4) is 0 Å². The van der Waals surface area contributed by atoms with Crippen LogP contribution in [0.15, 0.2) is 54.1 Å². The number of hydrogen-bond acceptors (Lipinski definition) is 7. The van der Waals surface area contributed by atoms with Gasteiger partial charge in [0, 0.05) is 25.0 Å². The molecule has 0 spiro atoms. The molecule has 2 saturated heterocycles. The van der Waals surface area contributed by atoms with Crippen molar-refractivity contribution in [3.63, 3.8) is 0 Å². The molecule has 0 aromatic heterocycles. The number of rotatable bonds is 16. The van der Waals surface area contributed by atoms with Gasteiger partial charge in [-0.3, -0.25) is 0 Å². The zero-order chi connectivity index (χ0) is 31.6. The number of carboxylic acid groups (broad SMARTS) is 1. The standard InChI is InChI=1S/C38H54O8/c39-36(40)26-42-25-31(24-41-23-27-10-2-1-3-11-27)29-20-30-22-35(46-38-15-7-9-19-44-38)32(33(30)21-29)16-17-34(28-12-4-5-13-28)45-37-14-6-8-18-43-37/h1-3,10-11,16-17,20,28,30-35,37-38H,4-9,12-15,18-19,21-26H2,(H,39,40)/b17-16+/t30-,31?,32+,33-,34+,35+,37?,38?/m0/s1. The smallest absolute Gasteiger partial charge is 0.329 e. The number of fused-ring (bicyclic) bond motifs is 1. The number of hydrogen-bond donors (Lipinski definition) is 1. The highest BCUT2D eigenvalue weighted by Gasteiger charge is 2.47. The van der Waals surface area contributed by atoms with Crippen LogP contribution >= 0.6 is 0 Å². The Morgan fingerprint density at radius 1 is 0.913 bits per heavy atom. The summed E-state index contributed by atoms with van der Waals surface area (Å²) in [5.41, 5.74) is 2.44. The zero-order valence-corrected chi connectivity index (χ0v) is 27.3. The Morgan fingerprint density at radius 2 is 1.63 bits per heavy atom. The Bertz CT molecular complexity index is 1120. The monoisotopic (exact) mass is 638 g/mol. The molecular formula is C38H54O8. The van der Waals surface area contributed by atoms with Crippen molar-refractivity contribution < 1.29 is 38.3 Å². The summed E-state index contributed by atoms with van der Waals surface area (Å²) >= 11 is 0. The van der Waals surface area contributed by atoms with Gasteiger partial charge in [0.05, 0.1) is 32.0 Å². The van der Waals surface area contributed by atoms with Gasteiger partial charge in [-0.05, 0) is 87.5 Å². The summed E-state index contributed by atoms with van der Waals surface area (Å²) in [5.74, 6) is 0.643. The van der Waals surface area contributed by atoms with Crippen LogP contribution in [0, 0.1) is 29.6 Å². The van der Waals surface area contributed by atoms with Crippen molar-refractivity contribution in [2.24, 2.45) is 29.6 Å². The third-order valence-electron chi connectivity index (χ3n) is 10.7. The second-order valence-electron chi connectivity index (χ2n) is 14.0. The first kappa shape index (κ1) is 33.8. The zero-order valence-electron chi connectivity index (χ0n) is 27.3. The molecule has 0 amide bonds. The fourth-order valence-electron chi connectivity index (χ4n) is 8.26. The Kier molecular flexibility index (Phi) is 12.8. The lowest BCUT2D eigenvalue weighted by molar-refractivity contribution is -0.193. The molecule has 0 radical (unpaired) electrons. The molecule has 2 heterocycles. The molecule has 8 heteroatoms. The van der Waals surface area contributed by atoms with Crippen LogP contribution in [0.25, 0.3) is 0 Å². The van der Waals surface area contributed by atoms with Crippen molar-refractivity contribution in [3.05, 3.63) is 59.7 Å².